The molecular formula is C21H30INO3. The Labute approximate surface area is 173 Å². The summed E-state index contributed by atoms with van der Waals surface area (Å²) in [6.07, 6.45) is 8.02. The van der Waals surface area contributed by atoms with Gasteiger partial charge in [-0.3, -0.25) is 0 Å². The van der Waals surface area contributed by atoms with Gasteiger partial charge in [-0.15, -0.1) is 0 Å². The molecule has 26 heavy (non-hydrogen) atoms. The molecule has 1 aromatic rings. The molecule has 3 aliphatic rings. The number of methoxy groups -OCH3 is 1. The minimum absolute atomic E-state index is 0. The molecule has 1 N–H and O–H groups in total. The molecule has 1 unspecified atom stereocenters. The van der Waals surface area contributed by atoms with Crippen LogP contribution in [0.25, 0.3) is 0 Å². The molecule has 0 radical (unpaired) electrons. The van der Waals surface area contributed by atoms with Gasteiger partial charge in [0.2, 0.25) is 0 Å². The molecule has 1 aliphatic carbocycles. The molecular weight excluding hydrogens is 441 g/mol. The van der Waals surface area contributed by atoms with Gasteiger partial charge in [0.05, 0.1) is 38.8 Å². The molecule has 4 atom stereocenters. The quantitative estimate of drug-likeness (QED) is 0.387. The average molecular weight is 471 g/mol. The van der Waals surface area contributed by atoms with Gasteiger partial charge < -0.3 is 43.0 Å². The van der Waals surface area contributed by atoms with Crippen LogP contribution < -0.4 is 33.5 Å². The van der Waals surface area contributed by atoms with Crippen molar-refractivity contribution in [1.82, 2.24) is 0 Å². The van der Waals surface area contributed by atoms with Gasteiger partial charge in [-0.1, -0.05) is 25.5 Å². The van der Waals surface area contributed by atoms with Crippen molar-refractivity contribution < 1.29 is 43.0 Å². The van der Waals surface area contributed by atoms with E-state index in [9.17, 15) is 5.11 Å². The highest BCUT2D eigenvalue weighted by molar-refractivity contribution is 5.60. The van der Waals surface area contributed by atoms with Crippen LogP contribution in [0.2, 0.25) is 0 Å². The van der Waals surface area contributed by atoms with Crippen molar-refractivity contribution in [1.29, 1.82) is 0 Å². The number of hydrogen-bond acceptors (Lipinski definition) is 3. The molecule has 0 amide bonds. The second-order valence-corrected chi connectivity index (χ2v) is 8.27. The number of ether oxygens (including phenoxy) is 2. The number of aliphatic hydroxyl groups is 1. The summed E-state index contributed by atoms with van der Waals surface area (Å²) in [5.74, 6) is 1.73. The van der Waals surface area contributed by atoms with Gasteiger partial charge in [0, 0.05) is 24.0 Å². The lowest BCUT2D eigenvalue weighted by molar-refractivity contribution is -0.922. The van der Waals surface area contributed by atoms with Gasteiger partial charge in [-0.2, -0.15) is 0 Å². The number of quaternary nitrogens is 1. The third kappa shape index (κ3) is 3.06. The fraction of sp³-hybridized carbons (Fsp3) is 0.619. The molecule has 2 heterocycles. The van der Waals surface area contributed by atoms with Crippen molar-refractivity contribution in [2.75, 3.05) is 27.2 Å². The monoisotopic (exact) mass is 471 g/mol. The molecule has 1 spiro atoms. The van der Waals surface area contributed by atoms with Gasteiger partial charge in [0.1, 0.15) is 12.6 Å². The van der Waals surface area contributed by atoms with E-state index in [2.05, 4.69) is 32.2 Å². The Hall–Kier alpha value is -0.790. The second-order valence-electron chi connectivity index (χ2n) is 8.27. The first-order valence-electron chi connectivity index (χ1n) is 9.59. The summed E-state index contributed by atoms with van der Waals surface area (Å²) in [4.78, 5) is 0. The van der Waals surface area contributed by atoms with Crippen LogP contribution in [0, 0.1) is 0 Å². The van der Waals surface area contributed by atoms with E-state index < -0.39 is 6.10 Å². The number of benzene rings is 1. The minimum Gasteiger partial charge on any atom is -1.00 e. The van der Waals surface area contributed by atoms with Crippen molar-refractivity contribution >= 4 is 0 Å². The van der Waals surface area contributed by atoms with E-state index in [1.165, 1.54) is 30.5 Å². The molecule has 0 fully saturated rings. The zero-order chi connectivity index (χ0) is 17.7. The number of halogens is 1. The Kier molecular flexibility index (Phi) is 5.62. The van der Waals surface area contributed by atoms with E-state index in [-0.39, 0.29) is 35.5 Å². The molecule has 0 saturated heterocycles. The van der Waals surface area contributed by atoms with Crippen LogP contribution >= 0.6 is 0 Å². The first-order chi connectivity index (χ1) is 12.0. The highest BCUT2D eigenvalue weighted by atomic mass is 127. The predicted octanol–water partition coefficient (Wildman–Crippen LogP) is 0.169. The molecule has 5 heteroatoms. The average Bonchev–Trinajstić information content (AvgIpc) is 2.87. The second kappa shape index (κ2) is 7.32. The van der Waals surface area contributed by atoms with E-state index in [0.717, 1.165) is 35.5 Å². The van der Waals surface area contributed by atoms with Gasteiger partial charge in [-0.05, 0) is 18.6 Å². The van der Waals surface area contributed by atoms with Crippen LogP contribution in [0.3, 0.4) is 0 Å². The van der Waals surface area contributed by atoms with Crippen molar-refractivity contribution in [3.8, 4) is 11.5 Å². The van der Waals surface area contributed by atoms with E-state index in [4.69, 9.17) is 9.47 Å². The lowest BCUT2D eigenvalue weighted by Crippen LogP contribution is -3.00. The van der Waals surface area contributed by atoms with Crippen molar-refractivity contribution in [2.24, 2.45) is 0 Å². The third-order valence-electron chi connectivity index (χ3n) is 6.47. The molecule has 4 rings (SSSR count). The standard InChI is InChI=1S/C21H30NO3.HI/c1-4-5-11-22(2)12-10-21-9-8-16(23)13-18(21)25-20-17(24-3)7-6-15(14-22)19(20)21;/h6-9,16,18,23H,4-5,10-14H2,1-3H3;1H/q+1;/p-1/t16-,18-,21-,22?;/m0./s1. The van der Waals surface area contributed by atoms with Crippen molar-refractivity contribution in [3.63, 3.8) is 0 Å². The highest BCUT2D eigenvalue weighted by Crippen LogP contribution is 2.56. The maximum absolute atomic E-state index is 10.1. The molecule has 144 valence electrons. The molecule has 0 aromatic heterocycles. The first kappa shape index (κ1) is 20.0. The molecule has 4 nitrogen and oxygen atoms in total. The number of rotatable bonds is 4. The largest absolute Gasteiger partial charge is 1.00 e. The topological polar surface area (TPSA) is 38.7 Å². The number of aliphatic hydroxyl groups excluding tert-OH is 1. The smallest absolute Gasteiger partial charge is 0.166 e. The summed E-state index contributed by atoms with van der Waals surface area (Å²) in [6.45, 7) is 5.66. The maximum Gasteiger partial charge on any atom is 0.166 e. The number of nitrogens with zero attached hydrogens (tertiary/aromatic N) is 1. The van der Waals surface area contributed by atoms with Crippen molar-refractivity contribution in [3.05, 3.63) is 35.4 Å². The zero-order valence-electron chi connectivity index (χ0n) is 16.0. The number of unbranched alkanes of at least 4 members (excludes halogenated alkanes) is 1. The fourth-order valence-electron chi connectivity index (χ4n) is 5.01. The summed E-state index contributed by atoms with van der Waals surface area (Å²) >= 11 is 0. The highest BCUT2D eigenvalue weighted by Gasteiger charge is 2.54. The summed E-state index contributed by atoms with van der Waals surface area (Å²) in [6, 6.07) is 4.28. The Morgan fingerprint density at radius 1 is 1.38 bits per heavy atom. The van der Waals surface area contributed by atoms with Crippen LogP contribution in [0.5, 0.6) is 11.5 Å². The summed E-state index contributed by atoms with van der Waals surface area (Å²) in [5.41, 5.74) is 2.59. The minimum atomic E-state index is -0.413. The normalized spacial score (nSPS) is 34.2. The Morgan fingerprint density at radius 3 is 2.92 bits per heavy atom. The van der Waals surface area contributed by atoms with Gasteiger partial charge in [0.15, 0.2) is 11.5 Å². The Morgan fingerprint density at radius 2 is 2.19 bits per heavy atom. The van der Waals surface area contributed by atoms with Crippen LogP contribution in [0.15, 0.2) is 24.3 Å². The van der Waals surface area contributed by atoms with E-state index in [1.807, 2.05) is 6.08 Å². The van der Waals surface area contributed by atoms with Gasteiger partial charge in [0.25, 0.3) is 0 Å². The number of hydrogen-bond donors (Lipinski definition) is 1. The zero-order valence-corrected chi connectivity index (χ0v) is 18.2. The maximum atomic E-state index is 10.1. The third-order valence-corrected chi connectivity index (χ3v) is 6.47. The Balaban J connectivity index is 0.00000196. The summed E-state index contributed by atoms with van der Waals surface area (Å²) < 4.78 is 13.1. The summed E-state index contributed by atoms with van der Waals surface area (Å²) in [5, 5.41) is 10.1. The summed E-state index contributed by atoms with van der Waals surface area (Å²) in [7, 11) is 4.10. The molecule has 1 aromatic carbocycles. The lowest BCUT2D eigenvalue weighted by atomic mass is 9.69. The van der Waals surface area contributed by atoms with Gasteiger partial charge >= 0.3 is 0 Å². The Bertz CT molecular complexity index is 707. The first-order valence-corrected chi connectivity index (χ1v) is 9.59. The van der Waals surface area contributed by atoms with Gasteiger partial charge in [-0.25, -0.2) is 0 Å². The van der Waals surface area contributed by atoms with E-state index in [1.54, 1.807) is 7.11 Å². The molecule has 0 bridgehead atoms. The molecule has 0 saturated carbocycles. The fourth-order valence-corrected chi connectivity index (χ4v) is 5.01. The van der Waals surface area contributed by atoms with E-state index in [0.29, 0.717) is 6.42 Å². The van der Waals surface area contributed by atoms with Crippen LogP contribution in [-0.2, 0) is 12.0 Å². The van der Waals surface area contributed by atoms with Crippen LogP contribution in [0.1, 0.15) is 43.7 Å². The van der Waals surface area contributed by atoms with Crippen LogP contribution in [-0.4, -0.2) is 49.0 Å². The SMILES string of the molecule is CCCC[N+]1(C)CC[C@@]23C=C[C@H](O)C[C@@H]2Oc2c(OC)ccc(c23)C1.[I-]. The van der Waals surface area contributed by atoms with Crippen molar-refractivity contribution in [2.45, 2.75) is 56.8 Å². The molecule has 2 aliphatic heterocycles. The van der Waals surface area contributed by atoms with E-state index >= 15 is 0 Å². The lowest BCUT2D eigenvalue weighted by Gasteiger charge is -2.37. The van der Waals surface area contributed by atoms with Crippen LogP contribution in [0.4, 0.5) is 0 Å². The predicted molar refractivity (Wildman–Crippen MR) is 98.0 cm³/mol.